The predicted octanol–water partition coefficient (Wildman–Crippen LogP) is 2.54. The number of hydrogen-bond donors (Lipinski definition) is 2. The molecule has 2 heteroatoms. The van der Waals surface area contributed by atoms with Crippen molar-refractivity contribution in [3.63, 3.8) is 0 Å². The maximum Gasteiger partial charge on any atom is 0.0698 e. The molecule has 0 bridgehead atoms. The van der Waals surface area contributed by atoms with Crippen molar-refractivity contribution in [3.05, 3.63) is 35.9 Å². The summed E-state index contributed by atoms with van der Waals surface area (Å²) in [6.45, 7) is 7.07. The molecule has 0 heterocycles. The fourth-order valence-electron chi connectivity index (χ4n) is 2.29. The first-order valence-electron chi connectivity index (χ1n) is 6.45. The van der Waals surface area contributed by atoms with Crippen LogP contribution in [0.2, 0.25) is 0 Å². The summed E-state index contributed by atoms with van der Waals surface area (Å²) in [6, 6.07) is 10.5. The van der Waals surface area contributed by atoms with E-state index in [1.807, 2.05) is 6.07 Å². The van der Waals surface area contributed by atoms with Gasteiger partial charge >= 0.3 is 0 Å². The molecule has 0 saturated heterocycles. The summed E-state index contributed by atoms with van der Waals surface area (Å²) in [5, 5.41) is 13.5. The Bertz CT molecular complexity index is 355. The second-order valence-electron chi connectivity index (χ2n) is 6.11. The molecule has 0 spiro atoms. The number of hydrogen-bond acceptors (Lipinski definition) is 2. The summed E-state index contributed by atoms with van der Waals surface area (Å²) >= 11 is 0. The van der Waals surface area contributed by atoms with E-state index in [-0.39, 0.29) is 11.6 Å². The third kappa shape index (κ3) is 3.55. The Balaban J connectivity index is 1.83. The van der Waals surface area contributed by atoms with Gasteiger partial charge in [-0.15, -0.1) is 0 Å². The molecule has 1 fully saturated rings. The van der Waals surface area contributed by atoms with Gasteiger partial charge in [0.2, 0.25) is 0 Å². The van der Waals surface area contributed by atoms with Gasteiger partial charge in [0.1, 0.15) is 0 Å². The van der Waals surface area contributed by atoms with Gasteiger partial charge in [0.05, 0.1) is 6.10 Å². The van der Waals surface area contributed by atoms with Gasteiger partial charge in [-0.05, 0) is 44.6 Å². The van der Waals surface area contributed by atoms with Crippen molar-refractivity contribution in [1.82, 2.24) is 5.32 Å². The van der Waals surface area contributed by atoms with Gasteiger partial charge in [0.25, 0.3) is 0 Å². The van der Waals surface area contributed by atoms with E-state index >= 15 is 0 Å². The highest BCUT2D eigenvalue weighted by Gasteiger charge is 2.43. The largest absolute Gasteiger partial charge is 0.391 e. The van der Waals surface area contributed by atoms with E-state index in [2.05, 4.69) is 50.4 Å². The van der Waals surface area contributed by atoms with Crippen molar-refractivity contribution < 1.29 is 5.11 Å². The smallest absolute Gasteiger partial charge is 0.0698 e. The van der Waals surface area contributed by atoms with E-state index in [4.69, 9.17) is 0 Å². The Labute approximate surface area is 104 Å². The lowest BCUT2D eigenvalue weighted by Crippen LogP contribution is -2.41. The summed E-state index contributed by atoms with van der Waals surface area (Å²) in [6.07, 6.45) is 0.899. The maximum absolute atomic E-state index is 10.1. The van der Waals surface area contributed by atoms with Crippen LogP contribution >= 0.6 is 0 Å². The van der Waals surface area contributed by atoms with Crippen LogP contribution in [-0.2, 0) is 0 Å². The minimum Gasteiger partial charge on any atom is -0.391 e. The summed E-state index contributed by atoms with van der Waals surface area (Å²) in [5.41, 5.74) is 1.45. The number of aliphatic hydroxyl groups is 1. The molecule has 0 radical (unpaired) electrons. The lowest BCUT2D eigenvalue weighted by molar-refractivity contribution is 0.137. The van der Waals surface area contributed by atoms with Crippen molar-refractivity contribution >= 4 is 0 Å². The molecule has 17 heavy (non-hydrogen) atoms. The SMILES string of the molecule is CC(C)(C)NCC(O)C1CC1c1ccccc1. The van der Waals surface area contributed by atoms with Crippen LogP contribution < -0.4 is 5.32 Å². The Kier molecular flexibility index (Phi) is 3.55. The van der Waals surface area contributed by atoms with Crippen molar-refractivity contribution in [2.45, 2.75) is 44.8 Å². The first-order valence-corrected chi connectivity index (χ1v) is 6.45. The monoisotopic (exact) mass is 233 g/mol. The lowest BCUT2D eigenvalue weighted by atomic mass is 10.1. The van der Waals surface area contributed by atoms with Crippen LogP contribution in [0.4, 0.5) is 0 Å². The highest BCUT2D eigenvalue weighted by Crippen LogP contribution is 2.49. The number of rotatable bonds is 4. The topological polar surface area (TPSA) is 32.3 Å². The standard InChI is InChI=1S/C15H23NO/c1-15(2,3)16-10-14(17)13-9-12(13)11-7-5-4-6-8-11/h4-8,12-14,16-17H,9-10H2,1-3H3. The summed E-state index contributed by atoms with van der Waals surface area (Å²) in [4.78, 5) is 0. The number of nitrogens with one attached hydrogen (secondary N) is 1. The molecule has 1 aromatic carbocycles. The molecule has 1 aromatic rings. The van der Waals surface area contributed by atoms with Gasteiger partial charge in [0.15, 0.2) is 0 Å². The molecule has 0 aromatic heterocycles. The van der Waals surface area contributed by atoms with Crippen LogP contribution in [0.5, 0.6) is 0 Å². The van der Waals surface area contributed by atoms with E-state index < -0.39 is 0 Å². The van der Waals surface area contributed by atoms with E-state index in [0.717, 1.165) is 6.42 Å². The minimum atomic E-state index is -0.223. The van der Waals surface area contributed by atoms with Gasteiger partial charge < -0.3 is 10.4 Å². The molecule has 0 amide bonds. The van der Waals surface area contributed by atoms with Gasteiger partial charge in [0, 0.05) is 12.1 Å². The van der Waals surface area contributed by atoms with E-state index in [0.29, 0.717) is 18.4 Å². The number of β-amino-alcohol motifs (C(OH)–C–C–N with tert-alkyl or cyclic N) is 1. The molecule has 2 N–H and O–H groups in total. The highest BCUT2D eigenvalue weighted by atomic mass is 16.3. The van der Waals surface area contributed by atoms with Crippen molar-refractivity contribution in [2.24, 2.45) is 5.92 Å². The van der Waals surface area contributed by atoms with Gasteiger partial charge in [-0.3, -0.25) is 0 Å². The second-order valence-corrected chi connectivity index (χ2v) is 6.11. The molecule has 1 aliphatic carbocycles. The molecule has 2 rings (SSSR count). The van der Waals surface area contributed by atoms with Crippen LogP contribution in [0, 0.1) is 5.92 Å². The van der Waals surface area contributed by atoms with Crippen LogP contribution in [0.1, 0.15) is 38.7 Å². The van der Waals surface area contributed by atoms with Crippen molar-refractivity contribution in [1.29, 1.82) is 0 Å². The van der Waals surface area contributed by atoms with Gasteiger partial charge in [-0.25, -0.2) is 0 Å². The number of aliphatic hydroxyl groups excluding tert-OH is 1. The summed E-state index contributed by atoms with van der Waals surface area (Å²) in [7, 11) is 0. The molecular formula is C15H23NO. The first-order chi connectivity index (χ1) is 7.97. The summed E-state index contributed by atoms with van der Waals surface area (Å²) < 4.78 is 0. The Morgan fingerprint density at radius 1 is 1.29 bits per heavy atom. The van der Waals surface area contributed by atoms with Crippen LogP contribution in [-0.4, -0.2) is 23.3 Å². The van der Waals surface area contributed by atoms with Crippen molar-refractivity contribution in [3.8, 4) is 0 Å². The van der Waals surface area contributed by atoms with Crippen LogP contribution in [0.25, 0.3) is 0 Å². The average molecular weight is 233 g/mol. The van der Waals surface area contributed by atoms with Gasteiger partial charge in [-0.2, -0.15) is 0 Å². The van der Waals surface area contributed by atoms with Crippen LogP contribution in [0.3, 0.4) is 0 Å². The Hall–Kier alpha value is -0.860. The molecule has 2 nitrogen and oxygen atoms in total. The fourth-order valence-corrected chi connectivity index (χ4v) is 2.29. The molecule has 0 aliphatic heterocycles. The molecule has 3 unspecified atom stereocenters. The van der Waals surface area contributed by atoms with E-state index in [1.165, 1.54) is 5.56 Å². The van der Waals surface area contributed by atoms with E-state index in [1.54, 1.807) is 0 Å². The predicted molar refractivity (Wildman–Crippen MR) is 71.1 cm³/mol. The zero-order valence-electron chi connectivity index (χ0n) is 11.0. The zero-order valence-corrected chi connectivity index (χ0v) is 11.0. The van der Waals surface area contributed by atoms with E-state index in [9.17, 15) is 5.11 Å². The molecule has 94 valence electrons. The third-order valence-electron chi connectivity index (χ3n) is 3.40. The molecule has 3 atom stereocenters. The first kappa shape index (κ1) is 12.6. The molecule has 1 saturated carbocycles. The average Bonchev–Trinajstić information content (AvgIpc) is 3.06. The Morgan fingerprint density at radius 2 is 1.94 bits per heavy atom. The molecular weight excluding hydrogens is 210 g/mol. The Morgan fingerprint density at radius 3 is 2.53 bits per heavy atom. The summed E-state index contributed by atoms with van der Waals surface area (Å²) in [5.74, 6) is 1.00. The fraction of sp³-hybridized carbons (Fsp3) is 0.600. The zero-order chi connectivity index (χ0) is 12.5. The quantitative estimate of drug-likeness (QED) is 0.837. The van der Waals surface area contributed by atoms with Crippen molar-refractivity contribution in [2.75, 3.05) is 6.54 Å². The maximum atomic E-state index is 10.1. The lowest BCUT2D eigenvalue weighted by Gasteiger charge is -2.23. The third-order valence-corrected chi connectivity index (χ3v) is 3.40. The minimum absolute atomic E-state index is 0.0815. The second kappa shape index (κ2) is 4.79. The normalized spacial score (nSPS) is 25.6. The molecule has 1 aliphatic rings. The highest BCUT2D eigenvalue weighted by molar-refractivity contribution is 5.26. The van der Waals surface area contributed by atoms with Crippen LogP contribution in [0.15, 0.2) is 30.3 Å². The van der Waals surface area contributed by atoms with Gasteiger partial charge in [-0.1, -0.05) is 30.3 Å². The number of benzene rings is 1.